The van der Waals surface area contributed by atoms with Crippen LogP contribution in [0.4, 0.5) is 0 Å². The highest BCUT2D eigenvalue weighted by Gasteiger charge is 2.41. The van der Waals surface area contributed by atoms with Crippen LogP contribution in [-0.4, -0.2) is 29.8 Å². The molecule has 1 amide bonds. The van der Waals surface area contributed by atoms with Gasteiger partial charge in [0.2, 0.25) is 5.91 Å². The van der Waals surface area contributed by atoms with Gasteiger partial charge in [-0.05, 0) is 36.7 Å². The molecule has 8 heteroatoms. The summed E-state index contributed by atoms with van der Waals surface area (Å²) in [5.41, 5.74) is 0. The van der Waals surface area contributed by atoms with Crippen LogP contribution in [0.5, 0.6) is 0 Å². The van der Waals surface area contributed by atoms with Gasteiger partial charge in [0.25, 0.3) is 10.0 Å². The van der Waals surface area contributed by atoms with Gasteiger partial charge in [0.1, 0.15) is 6.04 Å². The van der Waals surface area contributed by atoms with E-state index < -0.39 is 22.0 Å². The van der Waals surface area contributed by atoms with E-state index in [0.717, 1.165) is 14.2 Å². The topological polar surface area (TPSA) is 66.5 Å². The van der Waals surface area contributed by atoms with Gasteiger partial charge in [0, 0.05) is 9.86 Å². The number of sulfonamides is 1. The molecule has 22 heavy (non-hydrogen) atoms. The van der Waals surface area contributed by atoms with Crippen molar-refractivity contribution in [2.75, 3.05) is 0 Å². The molecular formula is C14H11BrN2O3S2. The molecule has 0 aliphatic carbocycles. The standard InChI is InChI=1S/C14H11BrN2O3S2/c1-8-13(18)16-14(21)17(8)22(19,20)12-7-3-4-9-10(12)5-2-6-11(9)15/h2-8H,1H3,(H,16,18,21). The number of thiocarbonyl (C=S) groups is 1. The Kier molecular flexibility index (Phi) is 3.70. The van der Waals surface area contributed by atoms with Crippen molar-refractivity contribution in [3.05, 3.63) is 40.9 Å². The highest BCUT2D eigenvalue weighted by atomic mass is 79.9. The monoisotopic (exact) mass is 398 g/mol. The number of carbonyl (C=O) groups is 1. The van der Waals surface area contributed by atoms with E-state index in [2.05, 4.69) is 21.2 Å². The SMILES string of the molecule is CC1C(=O)NC(=S)N1S(=O)(=O)c1cccc2c(Br)cccc12. The molecule has 5 nitrogen and oxygen atoms in total. The van der Waals surface area contributed by atoms with Crippen molar-refractivity contribution in [2.24, 2.45) is 0 Å². The third-order valence-electron chi connectivity index (χ3n) is 3.53. The van der Waals surface area contributed by atoms with Crippen molar-refractivity contribution in [1.82, 2.24) is 9.62 Å². The lowest BCUT2D eigenvalue weighted by molar-refractivity contribution is -0.120. The largest absolute Gasteiger partial charge is 0.300 e. The number of rotatable bonds is 2. The molecule has 1 unspecified atom stereocenters. The average molecular weight is 399 g/mol. The van der Waals surface area contributed by atoms with Crippen LogP contribution in [0.15, 0.2) is 45.8 Å². The number of hydrogen-bond acceptors (Lipinski definition) is 4. The highest BCUT2D eigenvalue weighted by molar-refractivity contribution is 9.10. The number of hydrogen-bond donors (Lipinski definition) is 1. The fraction of sp³-hybridized carbons (Fsp3) is 0.143. The molecule has 2 aromatic carbocycles. The second kappa shape index (κ2) is 5.29. The van der Waals surface area contributed by atoms with Crippen molar-refractivity contribution in [2.45, 2.75) is 17.9 Å². The van der Waals surface area contributed by atoms with E-state index in [4.69, 9.17) is 12.2 Å². The summed E-state index contributed by atoms with van der Waals surface area (Å²) in [6.45, 7) is 1.51. The molecule has 1 aliphatic rings. The number of carbonyl (C=O) groups excluding carboxylic acids is 1. The van der Waals surface area contributed by atoms with Crippen LogP contribution in [0.25, 0.3) is 10.8 Å². The summed E-state index contributed by atoms with van der Waals surface area (Å²) < 4.78 is 27.7. The lowest BCUT2D eigenvalue weighted by Gasteiger charge is -2.21. The van der Waals surface area contributed by atoms with Crippen LogP contribution >= 0.6 is 28.1 Å². The first-order valence-electron chi connectivity index (χ1n) is 6.40. The normalized spacial score (nSPS) is 18.8. The van der Waals surface area contributed by atoms with Crippen LogP contribution in [-0.2, 0) is 14.8 Å². The summed E-state index contributed by atoms with van der Waals surface area (Å²) in [5, 5.41) is 3.64. The van der Waals surface area contributed by atoms with Crippen LogP contribution in [0, 0.1) is 0 Å². The molecule has 1 saturated heterocycles. The van der Waals surface area contributed by atoms with E-state index in [-0.39, 0.29) is 10.0 Å². The van der Waals surface area contributed by atoms with E-state index >= 15 is 0 Å². The summed E-state index contributed by atoms with van der Waals surface area (Å²) in [6.07, 6.45) is 0. The molecule has 2 aromatic rings. The van der Waals surface area contributed by atoms with Gasteiger partial charge in [-0.1, -0.05) is 40.2 Å². The Bertz CT molecular complexity index is 911. The molecule has 1 N–H and O–H groups in total. The van der Waals surface area contributed by atoms with Gasteiger partial charge in [-0.15, -0.1) is 0 Å². The van der Waals surface area contributed by atoms with E-state index in [1.54, 1.807) is 18.2 Å². The maximum atomic E-state index is 13.0. The minimum Gasteiger partial charge on any atom is -0.300 e. The lowest BCUT2D eigenvalue weighted by atomic mass is 10.1. The highest BCUT2D eigenvalue weighted by Crippen LogP contribution is 2.31. The Labute approximate surface area is 141 Å². The zero-order valence-electron chi connectivity index (χ0n) is 11.4. The second-order valence-electron chi connectivity index (χ2n) is 4.86. The minimum atomic E-state index is -3.93. The fourth-order valence-electron chi connectivity index (χ4n) is 2.44. The van der Waals surface area contributed by atoms with Crippen LogP contribution in [0.3, 0.4) is 0 Å². The molecule has 0 aromatic heterocycles. The number of nitrogens with zero attached hydrogens (tertiary/aromatic N) is 1. The third-order valence-corrected chi connectivity index (χ3v) is 6.56. The van der Waals surface area contributed by atoms with Gasteiger partial charge in [0.05, 0.1) is 4.90 Å². The predicted molar refractivity (Wildman–Crippen MR) is 90.9 cm³/mol. The lowest BCUT2D eigenvalue weighted by Crippen LogP contribution is -2.38. The number of fused-ring (bicyclic) bond motifs is 1. The molecule has 1 atom stereocenters. The van der Waals surface area contributed by atoms with Gasteiger partial charge < -0.3 is 5.32 Å². The van der Waals surface area contributed by atoms with Gasteiger partial charge in [0.15, 0.2) is 5.11 Å². The average Bonchev–Trinajstić information content (AvgIpc) is 2.72. The minimum absolute atomic E-state index is 0.0931. The van der Waals surface area contributed by atoms with E-state index in [1.807, 2.05) is 12.1 Å². The Morgan fingerprint density at radius 3 is 2.45 bits per heavy atom. The molecule has 1 fully saturated rings. The molecule has 114 valence electrons. The zero-order chi connectivity index (χ0) is 16.1. The number of amides is 1. The molecule has 1 heterocycles. The van der Waals surface area contributed by atoms with Gasteiger partial charge in [-0.25, -0.2) is 12.7 Å². The van der Waals surface area contributed by atoms with Gasteiger partial charge >= 0.3 is 0 Å². The van der Waals surface area contributed by atoms with Crippen molar-refractivity contribution in [1.29, 1.82) is 0 Å². The Balaban J connectivity index is 2.25. The third kappa shape index (κ3) is 2.22. The van der Waals surface area contributed by atoms with Crippen LogP contribution in [0.1, 0.15) is 6.92 Å². The fourth-order valence-corrected chi connectivity index (χ4v) is 5.18. The molecule has 0 bridgehead atoms. The molecule has 1 aliphatic heterocycles. The second-order valence-corrected chi connectivity index (χ2v) is 7.89. The molecule has 0 saturated carbocycles. The summed E-state index contributed by atoms with van der Waals surface area (Å²) in [4.78, 5) is 11.8. The number of nitrogens with one attached hydrogen (secondary N) is 1. The van der Waals surface area contributed by atoms with Crippen LogP contribution in [0.2, 0.25) is 0 Å². The van der Waals surface area contributed by atoms with Crippen molar-refractivity contribution in [3.63, 3.8) is 0 Å². The Morgan fingerprint density at radius 2 is 1.82 bits per heavy atom. The smallest absolute Gasteiger partial charge is 0.267 e. The summed E-state index contributed by atoms with van der Waals surface area (Å²) >= 11 is 8.41. The predicted octanol–water partition coefficient (Wildman–Crippen LogP) is 2.40. The van der Waals surface area contributed by atoms with Crippen molar-refractivity contribution in [3.8, 4) is 0 Å². The molecule has 3 rings (SSSR count). The van der Waals surface area contributed by atoms with E-state index in [1.165, 1.54) is 13.0 Å². The molecular weight excluding hydrogens is 388 g/mol. The zero-order valence-corrected chi connectivity index (χ0v) is 14.6. The first kappa shape index (κ1) is 15.4. The quantitative estimate of drug-likeness (QED) is 0.788. The maximum absolute atomic E-state index is 13.0. The Hall–Kier alpha value is -1.51. The number of benzene rings is 2. The van der Waals surface area contributed by atoms with Gasteiger partial charge in [-0.3, -0.25) is 4.79 Å². The number of halogens is 1. The Morgan fingerprint density at radius 1 is 1.18 bits per heavy atom. The maximum Gasteiger partial charge on any atom is 0.267 e. The summed E-state index contributed by atoms with van der Waals surface area (Å²) in [7, 11) is -3.93. The first-order valence-corrected chi connectivity index (χ1v) is 9.04. The molecule has 0 radical (unpaired) electrons. The first-order chi connectivity index (χ1) is 10.3. The summed E-state index contributed by atoms with van der Waals surface area (Å²) in [6, 6.07) is 9.48. The van der Waals surface area contributed by atoms with Crippen molar-refractivity contribution >= 4 is 60.0 Å². The van der Waals surface area contributed by atoms with Crippen molar-refractivity contribution < 1.29 is 13.2 Å². The van der Waals surface area contributed by atoms with E-state index in [9.17, 15) is 13.2 Å². The van der Waals surface area contributed by atoms with Gasteiger partial charge in [-0.2, -0.15) is 0 Å². The summed E-state index contributed by atoms with van der Waals surface area (Å²) in [5.74, 6) is -0.421. The van der Waals surface area contributed by atoms with Crippen LogP contribution < -0.4 is 5.32 Å². The van der Waals surface area contributed by atoms with E-state index in [0.29, 0.717) is 5.39 Å². The molecule has 0 spiro atoms.